The molecule has 0 saturated carbocycles. The fourth-order valence-electron chi connectivity index (χ4n) is 0.866. The monoisotopic (exact) mass is 202 g/mol. The highest BCUT2D eigenvalue weighted by molar-refractivity contribution is 5.40. The van der Waals surface area contributed by atoms with E-state index in [9.17, 15) is 13.2 Å². The summed E-state index contributed by atoms with van der Waals surface area (Å²) in [6.07, 6.45) is -3.98. The summed E-state index contributed by atoms with van der Waals surface area (Å²) in [6.45, 7) is 0. The number of nitriles is 1. The minimum atomic E-state index is -4.57. The van der Waals surface area contributed by atoms with Crippen molar-refractivity contribution >= 4 is 0 Å². The van der Waals surface area contributed by atoms with E-state index in [0.29, 0.717) is 6.20 Å². The maximum Gasteiger partial charge on any atom is 0.419 e. The van der Waals surface area contributed by atoms with Gasteiger partial charge in [0, 0.05) is 12.3 Å². The van der Waals surface area contributed by atoms with E-state index in [1.807, 2.05) is 0 Å². The Kier molecular flexibility index (Phi) is 2.60. The lowest BCUT2D eigenvalue weighted by molar-refractivity contribution is -0.138. The fraction of sp³-hybridized carbons (Fsp3) is 0.250. The zero-order valence-electron chi connectivity index (χ0n) is 7.09. The van der Waals surface area contributed by atoms with Crippen molar-refractivity contribution in [3.05, 3.63) is 23.4 Å². The average Bonchev–Trinajstić information content (AvgIpc) is 2.15. The van der Waals surface area contributed by atoms with Crippen LogP contribution >= 0.6 is 0 Å². The lowest BCUT2D eigenvalue weighted by Gasteiger charge is -2.08. The molecule has 0 amide bonds. The van der Waals surface area contributed by atoms with Gasteiger partial charge in [-0.15, -0.1) is 0 Å². The summed E-state index contributed by atoms with van der Waals surface area (Å²) in [5.41, 5.74) is -1.55. The predicted octanol–water partition coefficient (Wildman–Crippen LogP) is 1.98. The van der Waals surface area contributed by atoms with E-state index in [1.54, 1.807) is 0 Å². The number of hydrogen-bond acceptors (Lipinski definition) is 3. The van der Waals surface area contributed by atoms with Gasteiger partial charge in [0.2, 0.25) is 5.88 Å². The summed E-state index contributed by atoms with van der Waals surface area (Å²) in [5, 5.41) is 8.47. The third-order valence-electron chi connectivity index (χ3n) is 1.51. The zero-order chi connectivity index (χ0) is 10.8. The summed E-state index contributed by atoms with van der Waals surface area (Å²) in [5.74, 6) is -0.0189. The van der Waals surface area contributed by atoms with Crippen LogP contribution in [0, 0.1) is 11.3 Å². The highest BCUT2D eigenvalue weighted by Gasteiger charge is 2.34. The Morgan fingerprint density at radius 1 is 1.50 bits per heavy atom. The molecule has 1 heterocycles. The Labute approximate surface area is 77.7 Å². The van der Waals surface area contributed by atoms with Crippen LogP contribution in [0.2, 0.25) is 0 Å². The Morgan fingerprint density at radius 2 is 2.14 bits per heavy atom. The molecule has 0 fully saturated rings. The van der Waals surface area contributed by atoms with Gasteiger partial charge in [-0.25, -0.2) is 4.98 Å². The van der Waals surface area contributed by atoms with Gasteiger partial charge in [-0.3, -0.25) is 0 Å². The van der Waals surface area contributed by atoms with Crippen LogP contribution in [0.25, 0.3) is 0 Å². The molecule has 6 heteroatoms. The molecule has 1 aromatic rings. The van der Waals surface area contributed by atoms with Gasteiger partial charge in [-0.2, -0.15) is 18.4 Å². The van der Waals surface area contributed by atoms with Crippen molar-refractivity contribution in [3.8, 4) is 11.9 Å². The standard InChI is InChI=1S/C8H5F3N2O/c1-14-7-2-5(3-12)6(4-13-7)8(9,10)11/h2,4H,1H3. The highest BCUT2D eigenvalue weighted by atomic mass is 19.4. The van der Waals surface area contributed by atoms with Gasteiger partial charge < -0.3 is 4.74 Å². The number of hydrogen-bond donors (Lipinski definition) is 0. The molecule has 0 radical (unpaired) electrons. The SMILES string of the molecule is COc1cc(C#N)c(C(F)(F)F)cn1. The number of alkyl halides is 3. The molecule has 0 atom stereocenters. The Bertz CT molecular complexity index is 381. The zero-order valence-corrected chi connectivity index (χ0v) is 7.09. The van der Waals surface area contributed by atoms with Crippen LogP contribution in [0.1, 0.15) is 11.1 Å². The van der Waals surface area contributed by atoms with E-state index in [2.05, 4.69) is 9.72 Å². The van der Waals surface area contributed by atoms with Crippen LogP contribution in [-0.2, 0) is 6.18 Å². The van der Waals surface area contributed by atoms with Crippen molar-refractivity contribution in [2.75, 3.05) is 7.11 Å². The molecule has 0 aliphatic carbocycles. The van der Waals surface area contributed by atoms with Gasteiger partial charge in [0.15, 0.2) is 0 Å². The number of pyridine rings is 1. The van der Waals surface area contributed by atoms with Crippen molar-refractivity contribution in [2.45, 2.75) is 6.18 Å². The third kappa shape index (κ3) is 1.93. The molecule has 0 unspecified atom stereocenters. The van der Waals surface area contributed by atoms with Gasteiger partial charge in [-0.05, 0) is 0 Å². The molecule has 74 valence electrons. The highest BCUT2D eigenvalue weighted by Crippen LogP contribution is 2.32. The number of methoxy groups -OCH3 is 1. The Morgan fingerprint density at radius 3 is 2.57 bits per heavy atom. The molecule has 14 heavy (non-hydrogen) atoms. The number of rotatable bonds is 1. The number of ether oxygens (including phenoxy) is 1. The van der Waals surface area contributed by atoms with Crippen LogP contribution in [0.3, 0.4) is 0 Å². The van der Waals surface area contributed by atoms with Crippen molar-refractivity contribution in [1.29, 1.82) is 5.26 Å². The van der Waals surface area contributed by atoms with Gasteiger partial charge >= 0.3 is 6.18 Å². The van der Waals surface area contributed by atoms with E-state index in [-0.39, 0.29) is 5.88 Å². The molecular weight excluding hydrogens is 197 g/mol. The van der Waals surface area contributed by atoms with Gasteiger partial charge in [0.05, 0.1) is 18.2 Å². The summed E-state index contributed by atoms with van der Waals surface area (Å²) in [4.78, 5) is 3.38. The summed E-state index contributed by atoms with van der Waals surface area (Å²) < 4.78 is 41.3. The predicted molar refractivity (Wildman–Crippen MR) is 40.5 cm³/mol. The Balaban J connectivity index is 3.28. The summed E-state index contributed by atoms with van der Waals surface area (Å²) >= 11 is 0. The summed E-state index contributed by atoms with van der Waals surface area (Å²) in [7, 11) is 1.26. The molecule has 0 N–H and O–H groups in total. The van der Waals surface area contributed by atoms with Gasteiger partial charge in [0.1, 0.15) is 6.07 Å². The lowest BCUT2D eigenvalue weighted by atomic mass is 10.1. The van der Waals surface area contributed by atoms with Gasteiger partial charge in [0.25, 0.3) is 0 Å². The van der Waals surface area contributed by atoms with Crippen molar-refractivity contribution < 1.29 is 17.9 Å². The molecule has 0 aromatic carbocycles. The minimum Gasteiger partial charge on any atom is -0.481 e. The van der Waals surface area contributed by atoms with Crippen LogP contribution in [0.4, 0.5) is 13.2 Å². The number of nitrogens with zero attached hydrogens (tertiary/aromatic N) is 2. The van der Waals surface area contributed by atoms with Crippen LogP contribution < -0.4 is 4.74 Å². The molecule has 0 aliphatic rings. The maximum atomic E-state index is 12.2. The summed E-state index contributed by atoms with van der Waals surface area (Å²) in [6, 6.07) is 2.38. The third-order valence-corrected chi connectivity index (χ3v) is 1.51. The maximum absolute atomic E-state index is 12.2. The van der Waals surface area contributed by atoms with Crippen molar-refractivity contribution in [2.24, 2.45) is 0 Å². The van der Waals surface area contributed by atoms with E-state index in [1.165, 1.54) is 13.2 Å². The molecule has 0 saturated heterocycles. The smallest absolute Gasteiger partial charge is 0.419 e. The largest absolute Gasteiger partial charge is 0.481 e. The second-order valence-electron chi connectivity index (χ2n) is 2.38. The number of aromatic nitrogens is 1. The van der Waals surface area contributed by atoms with E-state index in [4.69, 9.17) is 5.26 Å². The molecule has 0 spiro atoms. The molecule has 0 bridgehead atoms. The fourth-order valence-corrected chi connectivity index (χ4v) is 0.866. The first-order valence-corrected chi connectivity index (χ1v) is 3.50. The molecule has 0 aliphatic heterocycles. The minimum absolute atomic E-state index is 0.0189. The van der Waals surface area contributed by atoms with Crippen LogP contribution in [0.5, 0.6) is 5.88 Å². The first-order chi connectivity index (χ1) is 6.49. The lowest BCUT2D eigenvalue weighted by Crippen LogP contribution is -2.08. The normalized spacial score (nSPS) is 10.8. The van der Waals surface area contributed by atoms with Gasteiger partial charge in [-0.1, -0.05) is 0 Å². The molecule has 1 rings (SSSR count). The number of halogens is 3. The van der Waals surface area contributed by atoms with Crippen molar-refractivity contribution in [3.63, 3.8) is 0 Å². The van der Waals surface area contributed by atoms with E-state index >= 15 is 0 Å². The molecule has 1 aromatic heterocycles. The molecular formula is C8H5F3N2O. The Hall–Kier alpha value is -1.77. The molecule has 3 nitrogen and oxygen atoms in total. The second-order valence-corrected chi connectivity index (χ2v) is 2.38. The van der Waals surface area contributed by atoms with Crippen LogP contribution in [-0.4, -0.2) is 12.1 Å². The quantitative estimate of drug-likeness (QED) is 0.699. The average molecular weight is 202 g/mol. The van der Waals surface area contributed by atoms with Crippen LogP contribution in [0.15, 0.2) is 12.3 Å². The van der Waals surface area contributed by atoms with E-state index in [0.717, 1.165) is 6.07 Å². The first kappa shape index (κ1) is 10.3. The second kappa shape index (κ2) is 3.54. The topological polar surface area (TPSA) is 45.9 Å². The van der Waals surface area contributed by atoms with Crippen molar-refractivity contribution in [1.82, 2.24) is 4.98 Å². The first-order valence-electron chi connectivity index (χ1n) is 3.50. The van der Waals surface area contributed by atoms with E-state index < -0.39 is 17.3 Å².